The van der Waals surface area contributed by atoms with Gasteiger partial charge in [0, 0.05) is 11.3 Å². The summed E-state index contributed by atoms with van der Waals surface area (Å²) in [7, 11) is 0. The zero-order valence-electron chi connectivity index (χ0n) is 13.6. The van der Waals surface area contributed by atoms with Gasteiger partial charge in [-0.15, -0.1) is 0 Å². The first-order chi connectivity index (χ1) is 11.6. The Labute approximate surface area is 150 Å². The summed E-state index contributed by atoms with van der Waals surface area (Å²) in [4.78, 5) is 12.2. The molecule has 0 heterocycles. The summed E-state index contributed by atoms with van der Waals surface area (Å²) in [6, 6.07) is 10.9. The zero-order valence-corrected chi connectivity index (χ0v) is 15.2. The number of hydrogen-bond acceptors (Lipinski definition) is 2. The lowest BCUT2D eigenvalue weighted by Gasteiger charge is -2.10. The topological polar surface area (TPSA) is 38.3 Å². The quantitative estimate of drug-likeness (QED) is 0.575. The number of ether oxygens (including phenoxy) is 1. The van der Waals surface area contributed by atoms with E-state index in [-0.39, 0.29) is 11.7 Å². The zero-order chi connectivity index (χ0) is 17.4. The predicted octanol–water partition coefficient (Wildman–Crippen LogP) is 5.80. The van der Waals surface area contributed by atoms with Crippen LogP contribution in [0.3, 0.4) is 0 Å². The third-order valence-corrected chi connectivity index (χ3v) is 4.17. The molecule has 0 aliphatic rings. The van der Waals surface area contributed by atoms with Crippen LogP contribution in [0.2, 0.25) is 0 Å². The van der Waals surface area contributed by atoms with E-state index in [4.69, 9.17) is 4.74 Å². The SMILES string of the molecule is CCCCCCOc1ccc(C(=O)Nc2ccc(F)cc2)cc1Br. The van der Waals surface area contributed by atoms with Crippen molar-refractivity contribution in [2.75, 3.05) is 11.9 Å². The summed E-state index contributed by atoms with van der Waals surface area (Å²) < 4.78 is 19.4. The fourth-order valence-electron chi connectivity index (χ4n) is 2.21. The lowest BCUT2D eigenvalue weighted by molar-refractivity contribution is 0.102. The fraction of sp³-hybridized carbons (Fsp3) is 0.316. The van der Waals surface area contributed by atoms with E-state index in [1.807, 2.05) is 0 Å². The van der Waals surface area contributed by atoms with E-state index >= 15 is 0 Å². The van der Waals surface area contributed by atoms with Crippen LogP contribution in [0, 0.1) is 5.82 Å². The number of anilines is 1. The van der Waals surface area contributed by atoms with Crippen LogP contribution in [-0.2, 0) is 0 Å². The molecule has 2 aromatic carbocycles. The molecule has 0 aromatic heterocycles. The van der Waals surface area contributed by atoms with Crippen LogP contribution in [0.1, 0.15) is 43.0 Å². The van der Waals surface area contributed by atoms with Gasteiger partial charge in [-0.25, -0.2) is 4.39 Å². The van der Waals surface area contributed by atoms with E-state index in [9.17, 15) is 9.18 Å². The van der Waals surface area contributed by atoms with Gasteiger partial charge in [-0.3, -0.25) is 4.79 Å². The number of nitrogens with one attached hydrogen (secondary N) is 1. The summed E-state index contributed by atoms with van der Waals surface area (Å²) in [5, 5.41) is 2.73. The number of rotatable bonds is 8. The van der Waals surface area contributed by atoms with E-state index in [0.717, 1.165) is 23.1 Å². The van der Waals surface area contributed by atoms with E-state index in [0.29, 0.717) is 17.9 Å². The number of amides is 1. The van der Waals surface area contributed by atoms with Crippen LogP contribution in [0.4, 0.5) is 10.1 Å². The van der Waals surface area contributed by atoms with Gasteiger partial charge in [0.1, 0.15) is 11.6 Å². The smallest absolute Gasteiger partial charge is 0.255 e. The van der Waals surface area contributed by atoms with Crippen molar-refractivity contribution in [2.24, 2.45) is 0 Å². The first-order valence-electron chi connectivity index (χ1n) is 8.09. The molecule has 2 aromatic rings. The molecular weight excluding hydrogens is 373 g/mol. The van der Waals surface area contributed by atoms with Crippen LogP contribution in [-0.4, -0.2) is 12.5 Å². The molecule has 2 rings (SSSR count). The molecule has 0 atom stereocenters. The highest BCUT2D eigenvalue weighted by Gasteiger charge is 2.10. The molecule has 24 heavy (non-hydrogen) atoms. The van der Waals surface area contributed by atoms with Crippen LogP contribution < -0.4 is 10.1 Å². The first kappa shape index (κ1) is 18.5. The number of halogens is 2. The number of unbranched alkanes of at least 4 members (excludes halogenated alkanes) is 3. The fourth-order valence-corrected chi connectivity index (χ4v) is 2.70. The molecular formula is C19H21BrFNO2. The molecule has 0 aliphatic heterocycles. The van der Waals surface area contributed by atoms with Gasteiger partial charge in [-0.1, -0.05) is 26.2 Å². The summed E-state index contributed by atoms with van der Waals surface area (Å²) >= 11 is 3.44. The summed E-state index contributed by atoms with van der Waals surface area (Å²) in [6.07, 6.45) is 4.59. The molecule has 1 amide bonds. The molecule has 0 spiro atoms. The summed E-state index contributed by atoms with van der Waals surface area (Å²) in [5.74, 6) is 0.137. The molecule has 0 aliphatic carbocycles. The van der Waals surface area contributed by atoms with Crippen molar-refractivity contribution in [3.8, 4) is 5.75 Å². The van der Waals surface area contributed by atoms with Gasteiger partial charge in [0.05, 0.1) is 11.1 Å². The molecule has 0 saturated heterocycles. The molecule has 0 unspecified atom stereocenters. The molecule has 0 fully saturated rings. The Morgan fingerprint density at radius 2 is 1.88 bits per heavy atom. The largest absolute Gasteiger partial charge is 0.492 e. The molecule has 0 radical (unpaired) electrons. The van der Waals surface area contributed by atoms with Crippen LogP contribution in [0.5, 0.6) is 5.75 Å². The van der Waals surface area contributed by atoms with E-state index in [1.54, 1.807) is 18.2 Å². The average molecular weight is 394 g/mol. The molecule has 1 N–H and O–H groups in total. The minimum absolute atomic E-state index is 0.253. The number of carbonyl (C=O) groups is 1. The Hall–Kier alpha value is -1.88. The van der Waals surface area contributed by atoms with Crippen molar-refractivity contribution in [3.63, 3.8) is 0 Å². The second-order valence-corrected chi connectivity index (χ2v) is 6.37. The van der Waals surface area contributed by atoms with Gasteiger partial charge < -0.3 is 10.1 Å². The van der Waals surface area contributed by atoms with Gasteiger partial charge >= 0.3 is 0 Å². The normalized spacial score (nSPS) is 10.5. The van der Waals surface area contributed by atoms with Crippen molar-refractivity contribution < 1.29 is 13.9 Å². The Morgan fingerprint density at radius 3 is 2.54 bits per heavy atom. The number of benzene rings is 2. The van der Waals surface area contributed by atoms with Crippen molar-refractivity contribution in [3.05, 3.63) is 58.3 Å². The molecule has 0 bridgehead atoms. The maximum atomic E-state index is 12.9. The third kappa shape index (κ3) is 5.64. The predicted molar refractivity (Wildman–Crippen MR) is 98.1 cm³/mol. The second-order valence-electron chi connectivity index (χ2n) is 5.52. The minimum Gasteiger partial charge on any atom is -0.492 e. The number of carbonyl (C=O) groups excluding carboxylic acids is 1. The lowest BCUT2D eigenvalue weighted by Crippen LogP contribution is -2.12. The molecule has 0 saturated carbocycles. The average Bonchev–Trinajstić information content (AvgIpc) is 2.58. The minimum atomic E-state index is -0.337. The second kappa shape index (κ2) is 9.42. The standard InChI is InChI=1S/C19H21BrFNO2/c1-2-3-4-5-12-24-18-11-6-14(13-17(18)20)19(23)22-16-9-7-15(21)8-10-16/h6-11,13H,2-5,12H2,1H3,(H,22,23). The van der Waals surface area contributed by atoms with Gasteiger partial charge in [0.25, 0.3) is 5.91 Å². The van der Waals surface area contributed by atoms with Crippen molar-refractivity contribution in [1.29, 1.82) is 0 Å². The van der Waals surface area contributed by atoms with Crippen molar-refractivity contribution in [1.82, 2.24) is 0 Å². The Kier molecular flexibility index (Phi) is 7.25. The van der Waals surface area contributed by atoms with Crippen LogP contribution >= 0.6 is 15.9 Å². The molecule has 128 valence electrons. The summed E-state index contributed by atoms with van der Waals surface area (Å²) in [6.45, 7) is 2.84. The highest BCUT2D eigenvalue weighted by molar-refractivity contribution is 9.10. The Morgan fingerprint density at radius 1 is 1.12 bits per heavy atom. The molecule has 3 nitrogen and oxygen atoms in total. The Bertz CT molecular complexity index is 674. The highest BCUT2D eigenvalue weighted by Crippen LogP contribution is 2.26. The van der Waals surface area contributed by atoms with Crippen LogP contribution in [0.15, 0.2) is 46.9 Å². The maximum Gasteiger partial charge on any atom is 0.255 e. The highest BCUT2D eigenvalue weighted by atomic mass is 79.9. The first-order valence-corrected chi connectivity index (χ1v) is 8.88. The van der Waals surface area contributed by atoms with Crippen molar-refractivity contribution >= 4 is 27.5 Å². The van der Waals surface area contributed by atoms with Gasteiger partial charge in [-0.05, 0) is 64.8 Å². The van der Waals surface area contributed by atoms with Gasteiger partial charge in [-0.2, -0.15) is 0 Å². The number of hydrogen-bond donors (Lipinski definition) is 1. The van der Waals surface area contributed by atoms with E-state index < -0.39 is 0 Å². The third-order valence-electron chi connectivity index (χ3n) is 3.55. The van der Waals surface area contributed by atoms with Gasteiger partial charge in [0.2, 0.25) is 0 Å². The van der Waals surface area contributed by atoms with E-state index in [2.05, 4.69) is 28.2 Å². The monoisotopic (exact) mass is 393 g/mol. The van der Waals surface area contributed by atoms with Crippen LogP contribution in [0.25, 0.3) is 0 Å². The maximum absolute atomic E-state index is 12.9. The Balaban J connectivity index is 1.92. The summed E-state index contributed by atoms with van der Waals surface area (Å²) in [5.41, 5.74) is 1.05. The molecule has 5 heteroatoms. The lowest BCUT2D eigenvalue weighted by atomic mass is 10.2. The van der Waals surface area contributed by atoms with Crippen molar-refractivity contribution in [2.45, 2.75) is 32.6 Å². The van der Waals surface area contributed by atoms with E-state index in [1.165, 1.54) is 37.1 Å². The van der Waals surface area contributed by atoms with Gasteiger partial charge in [0.15, 0.2) is 0 Å².